The molecule has 118 valence electrons. The van der Waals surface area contributed by atoms with Crippen molar-refractivity contribution in [3.8, 4) is 0 Å². The molecule has 5 nitrogen and oxygen atoms in total. The number of aryl methyl sites for hydroxylation is 2. The molecule has 0 saturated carbocycles. The van der Waals surface area contributed by atoms with E-state index >= 15 is 0 Å². The maximum atomic E-state index is 12.3. The second-order valence-corrected chi connectivity index (χ2v) is 5.51. The summed E-state index contributed by atoms with van der Waals surface area (Å²) in [6, 6.07) is 1.68. The third-order valence-electron chi connectivity index (χ3n) is 3.56. The van der Waals surface area contributed by atoms with Gasteiger partial charge in [0.25, 0.3) is 5.91 Å². The zero-order valence-electron chi connectivity index (χ0n) is 12.1. The molecule has 21 heavy (non-hydrogen) atoms. The van der Waals surface area contributed by atoms with Crippen molar-refractivity contribution in [2.24, 2.45) is 13.0 Å². The zero-order chi connectivity index (χ0) is 15.6. The molecule has 0 aromatic carbocycles. The molecule has 0 bridgehead atoms. The van der Waals surface area contributed by atoms with Gasteiger partial charge >= 0.3 is 6.18 Å². The quantitative estimate of drug-likeness (QED) is 0.913. The Morgan fingerprint density at radius 3 is 2.81 bits per heavy atom. The molecule has 1 saturated heterocycles. The van der Waals surface area contributed by atoms with Crippen molar-refractivity contribution in [3.63, 3.8) is 0 Å². The standard InChI is InChI=1S/C13H19F3N4O/c1-9-5-11(19(2)18-9)12(21)17-6-10-3-4-20(7-10)8-13(14,15)16/h5,10H,3-4,6-8H2,1-2H3,(H,17,21). The predicted octanol–water partition coefficient (Wildman–Crippen LogP) is 1.34. The number of nitrogens with one attached hydrogen (secondary N) is 1. The van der Waals surface area contributed by atoms with E-state index in [9.17, 15) is 18.0 Å². The van der Waals surface area contributed by atoms with Crippen molar-refractivity contribution in [3.05, 3.63) is 17.5 Å². The van der Waals surface area contributed by atoms with Crippen LogP contribution in [0.25, 0.3) is 0 Å². The third-order valence-corrected chi connectivity index (χ3v) is 3.56. The molecule has 1 atom stereocenters. The molecule has 0 spiro atoms. The van der Waals surface area contributed by atoms with Gasteiger partial charge in [-0.2, -0.15) is 18.3 Å². The molecule has 1 aromatic rings. The highest BCUT2D eigenvalue weighted by molar-refractivity contribution is 5.92. The van der Waals surface area contributed by atoms with E-state index in [1.165, 1.54) is 9.58 Å². The van der Waals surface area contributed by atoms with Gasteiger partial charge < -0.3 is 5.32 Å². The molecule has 1 aliphatic rings. The molecule has 1 fully saturated rings. The molecule has 1 aromatic heterocycles. The van der Waals surface area contributed by atoms with Gasteiger partial charge in [0.15, 0.2) is 0 Å². The summed E-state index contributed by atoms with van der Waals surface area (Å²) in [5.74, 6) is -0.182. The lowest BCUT2D eigenvalue weighted by Gasteiger charge is -2.18. The number of aromatic nitrogens is 2. The van der Waals surface area contributed by atoms with Crippen LogP contribution in [0, 0.1) is 12.8 Å². The maximum absolute atomic E-state index is 12.3. The lowest BCUT2D eigenvalue weighted by molar-refractivity contribution is -0.143. The van der Waals surface area contributed by atoms with Crippen LogP contribution in [0.1, 0.15) is 22.6 Å². The van der Waals surface area contributed by atoms with E-state index in [0.29, 0.717) is 31.7 Å². The summed E-state index contributed by atoms with van der Waals surface area (Å²) in [6.07, 6.45) is -3.49. The van der Waals surface area contributed by atoms with Crippen molar-refractivity contribution >= 4 is 5.91 Å². The van der Waals surface area contributed by atoms with Crippen LogP contribution in [-0.2, 0) is 7.05 Å². The molecule has 0 radical (unpaired) electrons. The van der Waals surface area contributed by atoms with Gasteiger partial charge in [0.05, 0.1) is 12.2 Å². The minimum Gasteiger partial charge on any atom is -0.350 e. The SMILES string of the molecule is Cc1cc(C(=O)NCC2CCN(CC(F)(F)F)C2)n(C)n1. The molecule has 1 aliphatic heterocycles. The van der Waals surface area contributed by atoms with Crippen molar-refractivity contribution < 1.29 is 18.0 Å². The highest BCUT2D eigenvalue weighted by Crippen LogP contribution is 2.22. The number of nitrogens with zero attached hydrogens (tertiary/aromatic N) is 3. The summed E-state index contributed by atoms with van der Waals surface area (Å²) in [4.78, 5) is 13.4. The second kappa shape index (κ2) is 6.05. The topological polar surface area (TPSA) is 50.2 Å². The van der Waals surface area contributed by atoms with Gasteiger partial charge in [-0.05, 0) is 31.9 Å². The van der Waals surface area contributed by atoms with E-state index in [-0.39, 0.29) is 11.8 Å². The smallest absolute Gasteiger partial charge is 0.350 e. The maximum Gasteiger partial charge on any atom is 0.401 e. The van der Waals surface area contributed by atoms with E-state index < -0.39 is 12.7 Å². The Balaban J connectivity index is 1.79. The average Bonchev–Trinajstić information content (AvgIpc) is 2.91. The van der Waals surface area contributed by atoms with E-state index in [4.69, 9.17) is 0 Å². The Morgan fingerprint density at radius 2 is 2.24 bits per heavy atom. The number of carbonyl (C=O) groups is 1. The van der Waals surface area contributed by atoms with Crippen molar-refractivity contribution in [1.82, 2.24) is 20.0 Å². The predicted molar refractivity (Wildman–Crippen MR) is 70.9 cm³/mol. The first kappa shape index (κ1) is 15.8. The third kappa shape index (κ3) is 4.45. The summed E-state index contributed by atoms with van der Waals surface area (Å²) in [5.41, 5.74) is 1.21. The van der Waals surface area contributed by atoms with Gasteiger partial charge in [0.1, 0.15) is 5.69 Å². The van der Waals surface area contributed by atoms with Crippen LogP contribution in [0.5, 0.6) is 0 Å². The molecule has 1 N–H and O–H groups in total. The normalized spacial score (nSPS) is 20.0. The van der Waals surface area contributed by atoms with Crippen molar-refractivity contribution in [2.75, 3.05) is 26.2 Å². The number of alkyl halides is 3. The highest BCUT2D eigenvalue weighted by Gasteiger charge is 2.34. The molecular weight excluding hydrogens is 285 g/mol. The fourth-order valence-corrected chi connectivity index (χ4v) is 2.63. The summed E-state index contributed by atoms with van der Waals surface area (Å²) in [7, 11) is 1.68. The first-order valence-corrected chi connectivity index (χ1v) is 6.82. The first-order valence-electron chi connectivity index (χ1n) is 6.82. The lowest BCUT2D eigenvalue weighted by atomic mass is 10.1. The van der Waals surface area contributed by atoms with E-state index in [0.717, 1.165) is 5.69 Å². The summed E-state index contributed by atoms with van der Waals surface area (Å²) < 4.78 is 38.4. The fraction of sp³-hybridized carbons (Fsp3) is 0.692. The molecule has 2 heterocycles. The van der Waals surface area contributed by atoms with Gasteiger partial charge in [-0.15, -0.1) is 0 Å². The minimum atomic E-state index is -4.16. The van der Waals surface area contributed by atoms with E-state index in [1.807, 2.05) is 0 Å². The summed E-state index contributed by atoms with van der Waals surface area (Å²) in [6.45, 7) is 2.09. The van der Waals surface area contributed by atoms with Crippen LogP contribution in [0.15, 0.2) is 6.07 Å². The fourth-order valence-electron chi connectivity index (χ4n) is 2.63. The molecule has 2 rings (SSSR count). The molecule has 1 unspecified atom stereocenters. The summed E-state index contributed by atoms with van der Waals surface area (Å²) in [5, 5.41) is 6.86. The largest absolute Gasteiger partial charge is 0.401 e. The number of halogens is 3. The molecular formula is C13H19F3N4O. The number of hydrogen-bond acceptors (Lipinski definition) is 3. The Kier molecular flexibility index (Phi) is 4.55. The van der Waals surface area contributed by atoms with Crippen LogP contribution in [0.4, 0.5) is 13.2 Å². The second-order valence-electron chi connectivity index (χ2n) is 5.51. The number of likely N-dealkylation sites (tertiary alicyclic amines) is 1. The van der Waals surface area contributed by atoms with Crippen LogP contribution in [0.2, 0.25) is 0 Å². The van der Waals surface area contributed by atoms with E-state index in [2.05, 4.69) is 10.4 Å². The number of amides is 1. The van der Waals surface area contributed by atoms with Crippen LogP contribution < -0.4 is 5.32 Å². The monoisotopic (exact) mass is 304 g/mol. The number of rotatable bonds is 4. The zero-order valence-corrected chi connectivity index (χ0v) is 12.1. The highest BCUT2D eigenvalue weighted by atomic mass is 19.4. The number of hydrogen-bond donors (Lipinski definition) is 1. The minimum absolute atomic E-state index is 0.0608. The van der Waals surface area contributed by atoms with Crippen LogP contribution in [0.3, 0.4) is 0 Å². The van der Waals surface area contributed by atoms with E-state index in [1.54, 1.807) is 20.0 Å². The van der Waals surface area contributed by atoms with Gasteiger partial charge in [-0.25, -0.2) is 0 Å². The van der Waals surface area contributed by atoms with Gasteiger partial charge in [0, 0.05) is 20.1 Å². The Hall–Kier alpha value is -1.57. The lowest BCUT2D eigenvalue weighted by Crippen LogP contribution is -2.35. The van der Waals surface area contributed by atoms with Crippen LogP contribution >= 0.6 is 0 Å². The van der Waals surface area contributed by atoms with Gasteiger partial charge in [0.2, 0.25) is 0 Å². The first-order chi connectivity index (χ1) is 9.74. The van der Waals surface area contributed by atoms with Crippen molar-refractivity contribution in [1.29, 1.82) is 0 Å². The molecule has 8 heteroatoms. The summed E-state index contributed by atoms with van der Waals surface area (Å²) >= 11 is 0. The number of carbonyl (C=O) groups excluding carboxylic acids is 1. The average molecular weight is 304 g/mol. The Labute approximate surface area is 121 Å². The Bertz CT molecular complexity index is 512. The van der Waals surface area contributed by atoms with Gasteiger partial charge in [-0.3, -0.25) is 14.4 Å². The van der Waals surface area contributed by atoms with Crippen LogP contribution in [-0.4, -0.2) is 52.9 Å². The molecule has 1 amide bonds. The molecule has 0 aliphatic carbocycles. The Morgan fingerprint density at radius 1 is 1.52 bits per heavy atom. The van der Waals surface area contributed by atoms with Gasteiger partial charge in [-0.1, -0.05) is 0 Å². The van der Waals surface area contributed by atoms with Crippen molar-refractivity contribution in [2.45, 2.75) is 19.5 Å².